The largest absolute Gasteiger partial charge is 0.371 e. The predicted molar refractivity (Wildman–Crippen MR) is 251 cm³/mol. The van der Waals surface area contributed by atoms with Gasteiger partial charge in [-0.3, -0.25) is 33.7 Å². The molecule has 2 unspecified atom stereocenters. The van der Waals surface area contributed by atoms with Crippen molar-refractivity contribution in [3.05, 3.63) is 94.5 Å². The van der Waals surface area contributed by atoms with Crippen LogP contribution in [0, 0.1) is 5.92 Å². The lowest BCUT2D eigenvalue weighted by molar-refractivity contribution is -0.135. The van der Waals surface area contributed by atoms with Crippen molar-refractivity contribution in [1.29, 1.82) is 0 Å². The fraction of sp³-hybridized carbons (Fsp3) is 0.458. The molecule has 5 aliphatic rings. The molecular weight excluding hydrogens is 839 g/mol. The summed E-state index contributed by atoms with van der Waals surface area (Å²) in [5.74, 6) is 0.270. The maximum absolute atomic E-state index is 13.5. The van der Waals surface area contributed by atoms with E-state index in [2.05, 4.69) is 48.8 Å². The molecule has 66 heavy (non-hydrogen) atoms. The van der Waals surface area contributed by atoms with Crippen LogP contribution < -0.4 is 36.8 Å². The number of anilines is 5. The number of carbonyl (C=O) groups excluding carboxylic acids is 4. The number of imidazole rings is 1. The van der Waals surface area contributed by atoms with Crippen LogP contribution in [0.25, 0.3) is 11.0 Å². The Labute approximate surface area is 382 Å². The van der Waals surface area contributed by atoms with E-state index in [9.17, 15) is 24.0 Å². The zero-order valence-corrected chi connectivity index (χ0v) is 37.3. The third kappa shape index (κ3) is 8.56. The van der Waals surface area contributed by atoms with E-state index >= 15 is 0 Å². The van der Waals surface area contributed by atoms with E-state index in [-0.39, 0.29) is 41.6 Å². The Kier molecular flexibility index (Phi) is 11.9. The Bertz CT molecular complexity index is 2690. The zero-order chi connectivity index (χ0) is 45.5. The third-order valence-corrected chi connectivity index (χ3v) is 14.5. The number of piperidine rings is 4. The quantitative estimate of drug-likeness (QED) is 0.159. The van der Waals surface area contributed by atoms with Crippen molar-refractivity contribution < 1.29 is 19.2 Å². The number of nitrogens with one attached hydrogen (secondary N) is 2. The second kappa shape index (κ2) is 18.2. The number of hydrogen-bond donors (Lipinski definition) is 3. The van der Waals surface area contributed by atoms with E-state index < -0.39 is 17.9 Å². The van der Waals surface area contributed by atoms with Gasteiger partial charge in [-0.25, -0.2) is 9.59 Å². The molecule has 18 nitrogen and oxygen atoms in total. The molecule has 0 spiro atoms. The number of urea groups is 1. The summed E-state index contributed by atoms with van der Waals surface area (Å²) < 4.78 is 3.13. The molecule has 5 amide bonds. The number of aromatic nitrogens is 5. The molecule has 2 aromatic heterocycles. The van der Waals surface area contributed by atoms with Crippen LogP contribution in [0.4, 0.5) is 33.6 Å². The van der Waals surface area contributed by atoms with Crippen molar-refractivity contribution >= 4 is 63.6 Å². The Morgan fingerprint density at radius 2 is 1.56 bits per heavy atom. The van der Waals surface area contributed by atoms with Gasteiger partial charge in [-0.15, -0.1) is 10.2 Å². The number of carbonyl (C=O) groups is 4. The number of aryl methyl sites for hydroxylation is 1. The summed E-state index contributed by atoms with van der Waals surface area (Å²) in [7, 11) is 1.74. The van der Waals surface area contributed by atoms with E-state index in [0.717, 1.165) is 93.8 Å². The standard InChI is InChI=1S/C48H57N13O5/c1-55-40-28-36(13-14-38(40)61(47(55)65)39-15-16-41(62)51-45(39)64)57-24-17-31(18-25-57)29-56-22-19-33(20-23-56)32-9-11-34(12-10-32)50-44-42(43(49)63)53-54-46(52-44)58-21-5-8-37(30-58)60-27-26-59(48(60)66)35-6-3-2-4-7-35/h2-4,6-7,9-14,28,31,33,37,39H,5,8,15-27,29-30H2,1H3,(H2,49,63)(H,50,52,54)(H,51,62,64). The molecule has 2 atom stereocenters. The van der Waals surface area contributed by atoms with Crippen LogP contribution >= 0.6 is 0 Å². The van der Waals surface area contributed by atoms with Crippen LogP contribution in [0.2, 0.25) is 0 Å². The summed E-state index contributed by atoms with van der Waals surface area (Å²) in [5.41, 5.74) is 11.0. The van der Waals surface area contributed by atoms with Crippen molar-refractivity contribution in [3.63, 3.8) is 0 Å². The van der Waals surface area contributed by atoms with Gasteiger partial charge in [0.2, 0.25) is 17.8 Å². The van der Waals surface area contributed by atoms with Gasteiger partial charge in [-0.05, 0) is 118 Å². The number of nitrogens with zero attached hydrogens (tertiary/aromatic N) is 10. The molecule has 18 heteroatoms. The molecule has 7 heterocycles. The maximum atomic E-state index is 13.5. The van der Waals surface area contributed by atoms with Gasteiger partial charge in [-0.1, -0.05) is 30.3 Å². The molecule has 0 saturated carbocycles. The second-order valence-electron chi connectivity index (χ2n) is 18.5. The van der Waals surface area contributed by atoms with Crippen molar-refractivity contribution in [1.82, 2.24) is 39.4 Å². The first-order valence-corrected chi connectivity index (χ1v) is 23.4. The van der Waals surface area contributed by atoms with Gasteiger partial charge in [0.05, 0.1) is 17.1 Å². The van der Waals surface area contributed by atoms with Crippen molar-refractivity contribution in [3.8, 4) is 0 Å². The van der Waals surface area contributed by atoms with Crippen molar-refractivity contribution in [2.24, 2.45) is 18.7 Å². The monoisotopic (exact) mass is 895 g/mol. The number of fused-ring (bicyclic) bond motifs is 1. The fourth-order valence-electron chi connectivity index (χ4n) is 10.8. The van der Waals surface area contributed by atoms with Crippen LogP contribution in [0.1, 0.15) is 79.4 Å². The van der Waals surface area contributed by atoms with Gasteiger partial charge in [0, 0.05) is 76.3 Å². The molecule has 0 radical (unpaired) electrons. The minimum absolute atomic E-state index is 0.00106. The highest BCUT2D eigenvalue weighted by Crippen LogP contribution is 2.34. The van der Waals surface area contributed by atoms with Gasteiger partial charge < -0.3 is 30.7 Å². The highest BCUT2D eigenvalue weighted by atomic mass is 16.2. The molecule has 344 valence electrons. The third-order valence-electron chi connectivity index (χ3n) is 14.5. The van der Waals surface area contributed by atoms with Crippen LogP contribution in [-0.2, 0) is 16.6 Å². The number of para-hydroxylation sites is 1. The summed E-state index contributed by atoms with van der Waals surface area (Å²) in [6, 6.07) is 23.4. The average Bonchev–Trinajstić information content (AvgIpc) is 3.84. The summed E-state index contributed by atoms with van der Waals surface area (Å²) >= 11 is 0. The fourth-order valence-corrected chi connectivity index (χ4v) is 10.8. The van der Waals surface area contributed by atoms with Crippen LogP contribution in [-0.4, -0.2) is 123 Å². The van der Waals surface area contributed by atoms with Gasteiger partial charge in [-0.2, -0.15) is 4.98 Å². The van der Waals surface area contributed by atoms with Crippen molar-refractivity contribution in [2.75, 3.05) is 78.9 Å². The van der Waals surface area contributed by atoms with Crippen LogP contribution in [0.15, 0.2) is 77.6 Å². The summed E-state index contributed by atoms with van der Waals surface area (Å²) in [4.78, 5) is 79.2. The Hall–Kier alpha value is -6.82. The van der Waals surface area contributed by atoms with Gasteiger partial charge in [0.15, 0.2) is 11.5 Å². The van der Waals surface area contributed by atoms with Gasteiger partial charge >= 0.3 is 11.7 Å². The van der Waals surface area contributed by atoms with E-state index in [0.29, 0.717) is 55.9 Å². The van der Waals surface area contributed by atoms with Crippen molar-refractivity contribution in [2.45, 2.75) is 69.4 Å². The second-order valence-corrected chi connectivity index (χ2v) is 18.5. The van der Waals surface area contributed by atoms with Gasteiger partial charge in [0.25, 0.3) is 5.91 Å². The SMILES string of the molecule is Cn1c(=O)n(C2CCC(=O)NC2=O)c2ccc(N3CCC(CN4CCC(c5ccc(Nc6nc(N7CCCC(N8CCN(c9ccccc9)C8=O)C7)nnc6C(N)=O)cc5)CC4)CC3)cc21. The minimum atomic E-state index is -0.717. The van der Waals surface area contributed by atoms with Crippen LogP contribution in [0.5, 0.6) is 0 Å². The highest BCUT2D eigenvalue weighted by molar-refractivity contribution is 6.00. The Morgan fingerprint density at radius 1 is 0.788 bits per heavy atom. The first-order valence-electron chi connectivity index (χ1n) is 23.4. The lowest BCUT2D eigenvalue weighted by Gasteiger charge is -2.38. The van der Waals surface area contributed by atoms with E-state index in [1.165, 1.54) is 10.1 Å². The van der Waals surface area contributed by atoms with Gasteiger partial charge in [0.1, 0.15) is 6.04 Å². The van der Waals surface area contributed by atoms with Crippen LogP contribution in [0.3, 0.4) is 0 Å². The molecule has 5 saturated heterocycles. The van der Waals surface area contributed by atoms with E-state index in [1.54, 1.807) is 11.6 Å². The maximum Gasteiger partial charge on any atom is 0.329 e. The number of primary amides is 1. The molecule has 10 rings (SSSR count). The van der Waals surface area contributed by atoms with E-state index in [4.69, 9.17) is 10.7 Å². The smallest absolute Gasteiger partial charge is 0.329 e. The normalized spacial score (nSPS) is 21.5. The summed E-state index contributed by atoms with van der Waals surface area (Å²) in [5, 5.41) is 14.2. The Balaban J connectivity index is 0.712. The molecule has 5 aromatic rings. The number of imide groups is 1. The molecule has 0 bridgehead atoms. The highest BCUT2D eigenvalue weighted by Gasteiger charge is 2.38. The number of hydrogen-bond acceptors (Lipinski definition) is 12. The Morgan fingerprint density at radius 3 is 2.30 bits per heavy atom. The molecule has 5 aliphatic heterocycles. The molecule has 4 N–H and O–H groups in total. The average molecular weight is 896 g/mol. The molecular formula is C48H57N13O5. The lowest BCUT2D eigenvalue weighted by atomic mass is 9.88. The summed E-state index contributed by atoms with van der Waals surface area (Å²) in [6.07, 6.45) is 6.63. The first-order chi connectivity index (χ1) is 32.1. The topological polar surface area (TPSA) is 200 Å². The summed E-state index contributed by atoms with van der Waals surface area (Å²) in [6.45, 7) is 7.62. The lowest BCUT2D eigenvalue weighted by Crippen LogP contribution is -2.50. The molecule has 3 aromatic carbocycles. The number of likely N-dealkylation sites (tertiary alicyclic amines) is 1. The number of rotatable bonds is 11. The molecule has 5 fully saturated rings. The first kappa shape index (κ1) is 43.1. The molecule has 0 aliphatic carbocycles. The predicted octanol–water partition coefficient (Wildman–Crippen LogP) is 4.35. The minimum Gasteiger partial charge on any atom is -0.371 e. The number of amides is 5. The number of benzene rings is 3. The zero-order valence-electron chi connectivity index (χ0n) is 37.3. The van der Waals surface area contributed by atoms with E-state index in [1.807, 2.05) is 69.3 Å². The number of nitrogens with two attached hydrogens (primary N) is 1.